The fourth-order valence-electron chi connectivity index (χ4n) is 2.43. The normalized spacial score (nSPS) is 10.6. The number of nitro groups is 1. The van der Waals surface area contributed by atoms with E-state index in [1.165, 1.54) is 13.3 Å². The highest BCUT2D eigenvalue weighted by Gasteiger charge is 2.21. The van der Waals surface area contributed by atoms with Crippen molar-refractivity contribution in [2.24, 2.45) is 0 Å². The highest BCUT2D eigenvalue weighted by Crippen LogP contribution is 2.23. The maximum atomic E-state index is 12.1. The third kappa shape index (κ3) is 4.61. The van der Waals surface area contributed by atoms with Crippen LogP contribution < -0.4 is 10.1 Å². The molecule has 140 valence electrons. The Balaban J connectivity index is 1.62. The summed E-state index contributed by atoms with van der Waals surface area (Å²) in [6.07, 6.45) is 4.32. The lowest BCUT2D eigenvalue weighted by molar-refractivity contribution is -0.385. The quantitative estimate of drug-likeness (QED) is 0.488. The largest absolute Gasteiger partial charge is 0.475 e. The maximum absolute atomic E-state index is 12.1. The predicted molar refractivity (Wildman–Crippen MR) is 96.8 cm³/mol. The van der Waals surface area contributed by atoms with Crippen LogP contribution in [0.25, 0.3) is 0 Å². The molecular weight excluding hydrogens is 376 g/mol. The summed E-state index contributed by atoms with van der Waals surface area (Å²) in [5.74, 6) is -0.556. The Morgan fingerprint density at radius 1 is 1.37 bits per heavy atom. The zero-order valence-electron chi connectivity index (χ0n) is 14.2. The van der Waals surface area contributed by atoms with E-state index in [1.807, 2.05) is 18.2 Å². The Labute approximate surface area is 158 Å². The summed E-state index contributed by atoms with van der Waals surface area (Å²) in [5.41, 5.74) is 1.16. The molecule has 2 aromatic heterocycles. The van der Waals surface area contributed by atoms with E-state index in [2.05, 4.69) is 15.5 Å². The van der Waals surface area contributed by atoms with Gasteiger partial charge in [0.1, 0.15) is 12.7 Å². The summed E-state index contributed by atoms with van der Waals surface area (Å²) in [6.45, 7) is 0.294. The summed E-state index contributed by atoms with van der Waals surface area (Å²) in [6, 6.07) is 7.39. The number of hydrogen-bond donors (Lipinski definition) is 1. The van der Waals surface area contributed by atoms with Gasteiger partial charge < -0.3 is 10.1 Å². The van der Waals surface area contributed by atoms with Crippen LogP contribution in [-0.4, -0.2) is 37.5 Å². The van der Waals surface area contributed by atoms with E-state index >= 15 is 0 Å². The summed E-state index contributed by atoms with van der Waals surface area (Å²) in [7, 11) is 1.27. The van der Waals surface area contributed by atoms with E-state index in [0.717, 1.165) is 16.4 Å². The lowest BCUT2D eigenvalue weighted by Crippen LogP contribution is -2.18. The molecule has 11 heteroatoms. The molecule has 1 N–H and O–H groups in total. The molecule has 3 aromatic rings. The number of carbonyl (C=O) groups is 1. The third-order valence-electron chi connectivity index (χ3n) is 3.56. The number of nitrogens with one attached hydrogen (secondary N) is 1. The van der Waals surface area contributed by atoms with Gasteiger partial charge in [0.15, 0.2) is 0 Å². The van der Waals surface area contributed by atoms with Crippen molar-refractivity contribution >= 4 is 28.9 Å². The summed E-state index contributed by atoms with van der Waals surface area (Å²) in [4.78, 5) is 22.4. The topological polar surface area (TPSA) is 117 Å². The van der Waals surface area contributed by atoms with Crippen LogP contribution in [0.15, 0.2) is 42.9 Å². The zero-order chi connectivity index (χ0) is 19.4. The van der Waals surface area contributed by atoms with Crippen LogP contribution in [0.4, 0.5) is 11.4 Å². The molecule has 0 atom stereocenters. The molecule has 0 bridgehead atoms. The van der Waals surface area contributed by atoms with Crippen molar-refractivity contribution in [3.05, 3.63) is 63.6 Å². The number of aromatic nitrogens is 4. The van der Waals surface area contributed by atoms with Crippen LogP contribution in [0, 0.1) is 10.1 Å². The summed E-state index contributed by atoms with van der Waals surface area (Å²) < 4.78 is 7.62. The Bertz CT molecular complexity index is 983. The van der Waals surface area contributed by atoms with Crippen LogP contribution in [0.5, 0.6) is 5.88 Å². The fourth-order valence-corrected chi connectivity index (χ4v) is 2.64. The lowest BCUT2D eigenvalue weighted by Gasteiger charge is -2.03. The van der Waals surface area contributed by atoms with Crippen molar-refractivity contribution in [2.75, 3.05) is 12.4 Å². The highest BCUT2D eigenvalue weighted by molar-refractivity contribution is 6.30. The van der Waals surface area contributed by atoms with Crippen molar-refractivity contribution in [1.82, 2.24) is 19.6 Å². The molecule has 0 saturated heterocycles. The summed E-state index contributed by atoms with van der Waals surface area (Å²) in [5, 5.41) is 22.2. The number of methoxy groups -OCH3 is 1. The predicted octanol–water partition coefficient (Wildman–Crippen LogP) is 2.34. The average Bonchev–Trinajstić information content (AvgIpc) is 3.21. The molecule has 1 aromatic carbocycles. The van der Waals surface area contributed by atoms with E-state index in [1.54, 1.807) is 16.9 Å². The number of rotatable bonds is 7. The zero-order valence-corrected chi connectivity index (χ0v) is 15.0. The number of carbonyl (C=O) groups excluding carboxylic acids is 1. The number of amides is 1. The molecule has 0 aliphatic heterocycles. The van der Waals surface area contributed by atoms with E-state index in [-0.39, 0.29) is 18.1 Å². The highest BCUT2D eigenvalue weighted by atomic mass is 35.5. The first-order chi connectivity index (χ1) is 12.9. The Hall–Kier alpha value is -3.40. The van der Waals surface area contributed by atoms with Gasteiger partial charge in [-0.3, -0.25) is 24.3 Å². The van der Waals surface area contributed by atoms with Gasteiger partial charge in [-0.2, -0.15) is 5.10 Å². The van der Waals surface area contributed by atoms with Gasteiger partial charge in [0.2, 0.25) is 5.91 Å². The average molecular weight is 391 g/mol. The monoisotopic (exact) mass is 390 g/mol. The minimum Gasteiger partial charge on any atom is -0.475 e. The molecule has 0 aliphatic carbocycles. The SMILES string of the molecule is COc1nn(CC(=O)Nc2cnn(Cc3cccc(Cl)c3)c2)cc1[N+](=O)[O-]. The van der Waals surface area contributed by atoms with Gasteiger partial charge in [-0.15, -0.1) is 5.10 Å². The maximum Gasteiger partial charge on any atom is 0.350 e. The second-order valence-corrected chi connectivity index (χ2v) is 6.02. The Morgan fingerprint density at radius 3 is 2.85 bits per heavy atom. The molecule has 0 aliphatic rings. The number of benzene rings is 1. The van der Waals surface area contributed by atoms with Crippen molar-refractivity contribution < 1.29 is 14.5 Å². The Kier molecular flexibility index (Phi) is 5.36. The van der Waals surface area contributed by atoms with E-state index in [9.17, 15) is 14.9 Å². The van der Waals surface area contributed by atoms with Gasteiger partial charge in [0.25, 0.3) is 0 Å². The van der Waals surface area contributed by atoms with Gasteiger partial charge in [0.05, 0.1) is 30.5 Å². The van der Waals surface area contributed by atoms with Gasteiger partial charge in [-0.1, -0.05) is 23.7 Å². The minimum atomic E-state index is -0.625. The van der Waals surface area contributed by atoms with Gasteiger partial charge in [0, 0.05) is 11.2 Å². The number of anilines is 1. The van der Waals surface area contributed by atoms with Crippen molar-refractivity contribution in [3.8, 4) is 5.88 Å². The molecule has 27 heavy (non-hydrogen) atoms. The molecule has 10 nitrogen and oxygen atoms in total. The van der Waals surface area contributed by atoms with Crippen LogP contribution >= 0.6 is 11.6 Å². The molecule has 0 fully saturated rings. The second kappa shape index (κ2) is 7.87. The first kappa shape index (κ1) is 18.4. The first-order valence-corrected chi connectivity index (χ1v) is 8.15. The van der Waals surface area contributed by atoms with Gasteiger partial charge in [-0.25, -0.2) is 0 Å². The number of ether oxygens (including phenoxy) is 1. The molecule has 1 amide bonds. The molecule has 0 spiro atoms. The lowest BCUT2D eigenvalue weighted by atomic mass is 10.2. The minimum absolute atomic E-state index is 0.151. The fraction of sp³-hybridized carbons (Fsp3) is 0.188. The van der Waals surface area contributed by atoms with Gasteiger partial charge in [-0.05, 0) is 17.7 Å². The van der Waals surface area contributed by atoms with Crippen LogP contribution in [0.2, 0.25) is 5.02 Å². The third-order valence-corrected chi connectivity index (χ3v) is 3.79. The number of hydrogen-bond acceptors (Lipinski definition) is 6. The standard InChI is InChI=1S/C16H15ClN6O4/c1-27-16-14(23(25)26)9-22(20-16)10-15(24)19-13-6-18-21(8-13)7-11-3-2-4-12(17)5-11/h2-6,8-9H,7,10H2,1H3,(H,19,24). The molecule has 2 heterocycles. The van der Waals surface area contributed by atoms with Crippen LogP contribution in [0.1, 0.15) is 5.56 Å². The van der Waals surface area contributed by atoms with Crippen molar-refractivity contribution in [2.45, 2.75) is 13.1 Å². The van der Waals surface area contributed by atoms with E-state index in [0.29, 0.717) is 17.3 Å². The first-order valence-electron chi connectivity index (χ1n) is 7.77. The molecule has 0 radical (unpaired) electrons. The molecule has 0 unspecified atom stereocenters. The molecule has 0 saturated carbocycles. The van der Waals surface area contributed by atoms with E-state index in [4.69, 9.17) is 16.3 Å². The van der Waals surface area contributed by atoms with Crippen LogP contribution in [0.3, 0.4) is 0 Å². The number of halogens is 1. The van der Waals surface area contributed by atoms with Crippen molar-refractivity contribution in [1.29, 1.82) is 0 Å². The summed E-state index contributed by atoms with van der Waals surface area (Å²) >= 11 is 5.96. The van der Waals surface area contributed by atoms with Crippen molar-refractivity contribution in [3.63, 3.8) is 0 Å². The van der Waals surface area contributed by atoms with E-state index < -0.39 is 10.8 Å². The smallest absolute Gasteiger partial charge is 0.350 e. The van der Waals surface area contributed by atoms with Gasteiger partial charge >= 0.3 is 11.6 Å². The number of nitrogens with zero attached hydrogens (tertiary/aromatic N) is 5. The molecular formula is C16H15ClN6O4. The molecule has 3 rings (SSSR count). The Morgan fingerprint density at radius 2 is 2.19 bits per heavy atom. The second-order valence-electron chi connectivity index (χ2n) is 5.58. The van der Waals surface area contributed by atoms with Crippen LogP contribution in [-0.2, 0) is 17.9 Å².